The summed E-state index contributed by atoms with van der Waals surface area (Å²) in [6.45, 7) is 2.25. The van der Waals surface area contributed by atoms with E-state index in [0.29, 0.717) is 33.8 Å². The summed E-state index contributed by atoms with van der Waals surface area (Å²) >= 11 is 3.22. The van der Waals surface area contributed by atoms with Crippen molar-refractivity contribution in [1.29, 1.82) is 0 Å². The van der Waals surface area contributed by atoms with E-state index in [9.17, 15) is 10.2 Å². The van der Waals surface area contributed by atoms with Crippen molar-refractivity contribution in [3.8, 4) is 23.0 Å². The maximum absolute atomic E-state index is 9.91. The summed E-state index contributed by atoms with van der Waals surface area (Å²) in [4.78, 5) is 0. The first-order chi connectivity index (χ1) is 11.5. The lowest BCUT2D eigenvalue weighted by molar-refractivity contribution is 0.354. The number of rotatable bonds is 6. The van der Waals surface area contributed by atoms with E-state index in [0.717, 1.165) is 5.56 Å². The normalized spacial score (nSPS) is 11.2. The summed E-state index contributed by atoms with van der Waals surface area (Å²) in [5, 5.41) is 23.7. The average molecular weight is 395 g/mol. The number of aromatic hydroxyl groups is 2. The van der Waals surface area contributed by atoms with Crippen LogP contribution in [0, 0.1) is 0 Å². The second-order valence-corrected chi connectivity index (χ2v) is 5.90. The van der Waals surface area contributed by atoms with Crippen LogP contribution in [-0.2, 0) is 6.54 Å². The van der Waals surface area contributed by atoms with E-state index in [-0.39, 0.29) is 11.5 Å². The number of phenolic OH excluding ortho intramolecular Hbond substituents is 2. The molecule has 24 heavy (non-hydrogen) atoms. The van der Waals surface area contributed by atoms with Crippen LogP contribution < -0.4 is 14.9 Å². The second-order valence-electron chi connectivity index (χ2n) is 5.04. The van der Waals surface area contributed by atoms with Gasteiger partial charge in [0.15, 0.2) is 11.5 Å². The molecule has 0 saturated carbocycles. The Morgan fingerprint density at radius 2 is 1.79 bits per heavy atom. The lowest BCUT2D eigenvalue weighted by Gasteiger charge is -2.10. The molecule has 0 fully saturated rings. The first-order valence-electron chi connectivity index (χ1n) is 7.16. The predicted molar refractivity (Wildman–Crippen MR) is 96.1 cm³/mol. The van der Waals surface area contributed by atoms with Gasteiger partial charge in [-0.05, 0) is 46.6 Å². The van der Waals surface area contributed by atoms with Crippen molar-refractivity contribution in [2.45, 2.75) is 13.5 Å². The van der Waals surface area contributed by atoms with Crippen molar-refractivity contribution in [2.24, 2.45) is 5.10 Å². The van der Waals surface area contributed by atoms with Gasteiger partial charge in [0.2, 0.25) is 0 Å². The summed E-state index contributed by atoms with van der Waals surface area (Å²) in [6, 6.07) is 8.49. The molecule has 0 unspecified atom stereocenters. The second kappa shape index (κ2) is 7.92. The summed E-state index contributed by atoms with van der Waals surface area (Å²) in [7, 11) is 3.18. The molecule has 0 aliphatic rings. The standard InChI is InChI=1S/C17H19BrN2O4/c1-10(12-7-13(18)15(22)8-14(12)21)20-19-9-11-4-5-16(23-2)17(6-11)24-3/h4-8,19,21-22H,9H2,1-3H3/b20-10+. The molecule has 0 aliphatic heterocycles. The third-order valence-corrected chi connectivity index (χ3v) is 4.07. The molecular formula is C17H19BrN2O4. The molecule has 128 valence electrons. The number of nitrogens with zero attached hydrogens (tertiary/aromatic N) is 1. The van der Waals surface area contributed by atoms with Crippen molar-refractivity contribution < 1.29 is 19.7 Å². The average Bonchev–Trinajstić information content (AvgIpc) is 2.57. The van der Waals surface area contributed by atoms with E-state index >= 15 is 0 Å². The van der Waals surface area contributed by atoms with Gasteiger partial charge in [0.25, 0.3) is 0 Å². The fourth-order valence-corrected chi connectivity index (χ4v) is 2.48. The number of benzene rings is 2. The number of hydrazone groups is 1. The number of ether oxygens (including phenoxy) is 2. The highest BCUT2D eigenvalue weighted by Crippen LogP contribution is 2.31. The van der Waals surface area contributed by atoms with Gasteiger partial charge in [0, 0.05) is 11.6 Å². The highest BCUT2D eigenvalue weighted by molar-refractivity contribution is 9.10. The molecule has 0 spiro atoms. The fraction of sp³-hybridized carbons (Fsp3) is 0.235. The number of nitrogens with one attached hydrogen (secondary N) is 1. The lowest BCUT2D eigenvalue weighted by atomic mass is 10.1. The molecular weight excluding hydrogens is 376 g/mol. The quantitative estimate of drug-likeness (QED) is 0.516. The Morgan fingerprint density at radius 3 is 2.46 bits per heavy atom. The Hall–Kier alpha value is -2.41. The van der Waals surface area contributed by atoms with Crippen LogP contribution >= 0.6 is 15.9 Å². The summed E-state index contributed by atoms with van der Waals surface area (Å²) in [5.74, 6) is 1.25. The number of phenols is 2. The predicted octanol–water partition coefficient (Wildman–Crippen LogP) is 3.39. The van der Waals surface area contributed by atoms with E-state index in [1.165, 1.54) is 6.07 Å². The Kier molecular flexibility index (Phi) is 5.92. The van der Waals surface area contributed by atoms with Gasteiger partial charge in [-0.25, -0.2) is 0 Å². The van der Waals surface area contributed by atoms with Crippen molar-refractivity contribution in [3.63, 3.8) is 0 Å². The highest BCUT2D eigenvalue weighted by Gasteiger charge is 2.09. The van der Waals surface area contributed by atoms with Crippen LogP contribution in [0.5, 0.6) is 23.0 Å². The van der Waals surface area contributed by atoms with E-state index in [1.807, 2.05) is 18.2 Å². The maximum Gasteiger partial charge on any atom is 0.161 e. The third kappa shape index (κ3) is 4.11. The van der Waals surface area contributed by atoms with Crippen molar-refractivity contribution in [3.05, 3.63) is 45.9 Å². The molecule has 2 aromatic rings. The van der Waals surface area contributed by atoms with Crippen LogP contribution in [0.1, 0.15) is 18.1 Å². The molecule has 0 aromatic heterocycles. The zero-order valence-electron chi connectivity index (χ0n) is 13.6. The highest BCUT2D eigenvalue weighted by atomic mass is 79.9. The molecule has 0 heterocycles. The molecule has 0 amide bonds. The minimum absolute atomic E-state index is 0.0256. The molecule has 0 bridgehead atoms. The molecule has 0 radical (unpaired) electrons. The van der Waals surface area contributed by atoms with Gasteiger partial charge >= 0.3 is 0 Å². The van der Waals surface area contributed by atoms with Crippen LogP contribution in [0.4, 0.5) is 0 Å². The molecule has 7 heteroatoms. The zero-order chi connectivity index (χ0) is 17.7. The lowest BCUT2D eigenvalue weighted by Crippen LogP contribution is -2.09. The van der Waals surface area contributed by atoms with Crippen molar-refractivity contribution >= 4 is 21.6 Å². The molecule has 2 aromatic carbocycles. The molecule has 0 saturated heterocycles. The first kappa shape index (κ1) is 17.9. The number of halogens is 1. The summed E-state index contributed by atoms with van der Waals surface area (Å²) in [6.07, 6.45) is 0. The smallest absolute Gasteiger partial charge is 0.161 e. The Morgan fingerprint density at radius 1 is 1.08 bits per heavy atom. The van der Waals surface area contributed by atoms with Gasteiger partial charge in [0.1, 0.15) is 11.5 Å². The number of hydrogen-bond donors (Lipinski definition) is 3. The van der Waals surface area contributed by atoms with Crippen LogP contribution in [0.2, 0.25) is 0 Å². The Balaban J connectivity index is 2.10. The SMILES string of the molecule is COc1ccc(CN/N=C(\C)c2cc(Br)c(O)cc2O)cc1OC. The van der Waals surface area contributed by atoms with E-state index < -0.39 is 0 Å². The first-order valence-corrected chi connectivity index (χ1v) is 7.95. The van der Waals surface area contributed by atoms with Crippen LogP contribution in [0.15, 0.2) is 39.9 Å². The van der Waals surface area contributed by atoms with Gasteiger partial charge in [-0.15, -0.1) is 0 Å². The van der Waals surface area contributed by atoms with Crippen LogP contribution in [-0.4, -0.2) is 30.1 Å². The van der Waals surface area contributed by atoms with Gasteiger partial charge in [0.05, 0.1) is 30.9 Å². The number of hydrogen-bond acceptors (Lipinski definition) is 6. The zero-order valence-corrected chi connectivity index (χ0v) is 15.2. The maximum atomic E-state index is 9.91. The molecule has 0 atom stereocenters. The minimum atomic E-state index is -0.0372. The largest absolute Gasteiger partial charge is 0.507 e. The summed E-state index contributed by atoms with van der Waals surface area (Å²) in [5.41, 5.74) is 5.04. The fourth-order valence-electron chi connectivity index (χ4n) is 2.14. The van der Waals surface area contributed by atoms with E-state index in [2.05, 4.69) is 26.5 Å². The molecule has 6 nitrogen and oxygen atoms in total. The summed E-state index contributed by atoms with van der Waals surface area (Å²) < 4.78 is 11.0. The van der Waals surface area contributed by atoms with Gasteiger partial charge in [-0.1, -0.05) is 6.07 Å². The van der Waals surface area contributed by atoms with Gasteiger partial charge < -0.3 is 25.1 Å². The molecule has 0 aliphatic carbocycles. The minimum Gasteiger partial charge on any atom is -0.507 e. The monoisotopic (exact) mass is 394 g/mol. The van der Waals surface area contributed by atoms with E-state index in [1.54, 1.807) is 27.2 Å². The topological polar surface area (TPSA) is 83.3 Å². The van der Waals surface area contributed by atoms with Gasteiger partial charge in [-0.2, -0.15) is 5.10 Å². The third-order valence-electron chi connectivity index (χ3n) is 3.43. The Bertz CT molecular complexity index is 762. The van der Waals surface area contributed by atoms with Crippen molar-refractivity contribution in [1.82, 2.24) is 5.43 Å². The van der Waals surface area contributed by atoms with Crippen LogP contribution in [0.25, 0.3) is 0 Å². The molecule has 2 rings (SSSR count). The van der Waals surface area contributed by atoms with Gasteiger partial charge in [-0.3, -0.25) is 0 Å². The van der Waals surface area contributed by atoms with E-state index in [4.69, 9.17) is 9.47 Å². The van der Waals surface area contributed by atoms with Crippen LogP contribution in [0.3, 0.4) is 0 Å². The van der Waals surface area contributed by atoms with Crippen molar-refractivity contribution in [2.75, 3.05) is 14.2 Å². The number of methoxy groups -OCH3 is 2. The Labute approximate surface area is 148 Å². The molecule has 3 N–H and O–H groups in total.